The molecule has 0 amide bonds. The molecule has 3 rings (SSSR count). The highest BCUT2D eigenvalue weighted by Crippen LogP contribution is 2.21. The van der Waals surface area contributed by atoms with Crippen molar-refractivity contribution >= 4 is 42.0 Å². The lowest BCUT2D eigenvalue weighted by Crippen LogP contribution is -2.29. The van der Waals surface area contributed by atoms with Crippen molar-refractivity contribution in [3.63, 3.8) is 0 Å². The second-order valence-corrected chi connectivity index (χ2v) is 7.60. The smallest absolute Gasteiger partial charge is 0.326 e. The van der Waals surface area contributed by atoms with Gasteiger partial charge in [0.15, 0.2) is 5.15 Å². The van der Waals surface area contributed by atoms with E-state index in [4.69, 9.17) is 16.3 Å². The molecule has 5 nitrogen and oxygen atoms in total. The maximum Gasteiger partial charge on any atom is 0.326 e. The van der Waals surface area contributed by atoms with Gasteiger partial charge in [-0.05, 0) is 31.2 Å². The van der Waals surface area contributed by atoms with Gasteiger partial charge in [0.2, 0.25) is 0 Å². The van der Waals surface area contributed by atoms with Gasteiger partial charge < -0.3 is 4.74 Å². The van der Waals surface area contributed by atoms with Crippen molar-refractivity contribution in [2.24, 2.45) is 0 Å². The number of benzene rings is 2. The normalized spacial score (nSPS) is 10.0. The first-order chi connectivity index (χ1) is 14.0. The average molecular weight is 449 g/mol. The van der Waals surface area contributed by atoms with Crippen LogP contribution in [0.2, 0.25) is 5.15 Å². The minimum Gasteiger partial charge on any atom is -0.465 e. The van der Waals surface area contributed by atoms with Crippen LogP contribution in [-0.2, 0) is 21.8 Å². The summed E-state index contributed by atoms with van der Waals surface area (Å²) in [5.41, 5.74) is 0.136. The van der Waals surface area contributed by atoms with Crippen molar-refractivity contribution in [3.8, 4) is 0 Å². The Bertz CT molecular complexity index is 967. The molecule has 152 valence electrons. The summed E-state index contributed by atoms with van der Waals surface area (Å²) in [6.45, 7) is 1.81. The minimum atomic E-state index is -0.485. The molecule has 0 fully saturated rings. The Balaban J connectivity index is 0.000000360. The predicted molar refractivity (Wildman–Crippen MR) is 120 cm³/mol. The molecule has 2 aromatic carbocycles. The molecule has 0 bridgehead atoms. The molecule has 0 radical (unpaired) electrons. The third-order valence-corrected chi connectivity index (χ3v) is 5.18. The lowest BCUT2D eigenvalue weighted by molar-refractivity contribution is -0.143. The van der Waals surface area contributed by atoms with Crippen LogP contribution in [-0.4, -0.2) is 22.1 Å². The highest BCUT2D eigenvalue weighted by atomic mass is 35.5. The van der Waals surface area contributed by atoms with Crippen LogP contribution < -0.4 is 5.56 Å². The van der Waals surface area contributed by atoms with Crippen molar-refractivity contribution in [3.05, 3.63) is 88.1 Å². The average Bonchev–Trinajstić information content (AvgIpc) is 2.73. The number of aromatic nitrogens is 2. The second kappa shape index (κ2) is 12.4. The van der Waals surface area contributed by atoms with Gasteiger partial charge in [0.05, 0.1) is 12.3 Å². The van der Waals surface area contributed by atoms with E-state index in [0.29, 0.717) is 11.4 Å². The van der Waals surface area contributed by atoms with Gasteiger partial charge in [0, 0.05) is 21.7 Å². The van der Waals surface area contributed by atoms with E-state index < -0.39 is 11.5 Å². The number of thioether (sulfide) groups is 1. The van der Waals surface area contributed by atoms with E-state index in [0.717, 1.165) is 9.79 Å². The quantitative estimate of drug-likeness (QED) is 0.335. The fourth-order valence-electron chi connectivity index (χ4n) is 2.22. The summed E-state index contributed by atoms with van der Waals surface area (Å²) in [7, 11) is 0. The number of thiol groups is 1. The maximum atomic E-state index is 12.1. The summed E-state index contributed by atoms with van der Waals surface area (Å²) in [4.78, 5) is 29.7. The van der Waals surface area contributed by atoms with E-state index in [1.807, 2.05) is 60.7 Å². The monoisotopic (exact) mass is 448 g/mol. The Kier molecular flexibility index (Phi) is 9.83. The fraction of sp³-hybridized carbons (Fsp3) is 0.190. The molecule has 0 unspecified atom stereocenters. The highest BCUT2D eigenvalue weighted by molar-refractivity contribution is 7.98. The van der Waals surface area contributed by atoms with Crippen LogP contribution in [0.5, 0.6) is 0 Å². The van der Waals surface area contributed by atoms with E-state index in [1.54, 1.807) is 18.7 Å². The zero-order chi connectivity index (χ0) is 21.1. The van der Waals surface area contributed by atoms with Crippen molar-refractivity contribution in [1.82, 2.24) is 9.55 Å². The number of rotatable bonds is 6. The highest BCUT2D eigenvalue weighted by Gasteiger charge is 2.13. The summed E-state index contributed by atoms with van der Waals surface area (Å²) < 4.78 is 6.20. The molecular weight excluding hydrogens is 428 g/mol. The maximum absolute atomic E-state index is 12.1. The first kappa shape index (κ1) is 23.1. The molecule has 0 spiro atoms. The Morgan fingerprint density at radius 3 is 2.31 bits per heavy atom. The summed E-state index contributed by atoms with van der Waals surface area (Å²) in [5, 5.41) is -0.155. The summed E-state index contributed by atoms with van der Waals surface area (Å²) in [5.74, 6) is 0.0286. The van der Waals surface area contributed by atoms with Gasteiger partial charge >= 0.3 is 5.97 Å². The molecule has 0 saturated carbocycles. The Morgan fingerprint density at radius 1 is 1.14 bits per heavy atom. The van der Waals surface area contributed by atoms with Gasteiger partial charge in [-0.3, -0.25) is 14.2 Å². The van der Waals surface area contributed by atoms with E-state index in [2.05, 4.69) is 17.6 Å². The lowest BCUT2D eigenvalue weighted by atomic mass is 10.4. The van der Waals surface area contributed by atoms with Gasteiger partial charge in [-0.25, -0.2) is 4.98 Å². The summed E-state index contributed by atoms with van der Waals surface area (Å²) >= 11 is 11.4. The number of esters is 1. The first-order valence-corrected chi connectivity index (χ1v) is 10.6. The molecular formula is C21H21ClN2O3S2. The number of hydrogen-bond acceptors (Lipinski definition) is 6. The lowest BCUT2D eigenvalue weighted by Gasteiger charge is -2.12. The third kappa shape index (κ3) is 7.97. The molecule has 3 aromatic rings. The molecule has 8 heteroatoms. The summed E-state index contributed by atoms with van der Waals surface area (Å²) in [6, 6.07) is 19.5. The van der Waals surface area contributed by atoms with Gasteiger partial charge in [0.1, 0.15) is 6.54 Å². The van der Waals surface area contributed by atoms with Crippen LogP contribution in [0.15, 0.2) is 81.4 Å². The molecule has 0 aliphatic carbocycles. The number of nitrogens with zero attached hydrogens (tertiary/aromatic N) is 2. The number of carbonyl (C=O) groups excluding carboxylic acids is 1. The first-order valence-electron chi connectivity index (χ1n) is 8.83. The number of halogens is 1. The molecule has 1 heterocycles. The Hall–Kier alpha value is -2.22. The van der Waals surface area contributed by atoms with Gasteiger partial charge in [0.25, 0.3) is 5.56 Å². The van der Waals surface area contributed by atoms with Crippen LogP contribution in [0.1, 0.15) is 12.6 Å². The third-order valence-electron chi connectivity index (χ3n) is 3.57. The number of ether oxygens (including phenoxy) is 1. The molecule has 1 aromatic heterocycles. The molecule has 29 heavy (non-hydrogen) atoms. The fourth-order valence-corrected chi connectivity index (χ4v) is 3.44. The standard InChI is InChI=1S/C15H15ClN2O3S.C6H6S/c1-2-21-13(19)9-18-11(8-17-14(16)15(18)20)10-22-12-6-4-3-5-7-12;7-6-4-2-1-3-5-6/h3-8H,2,9-10H2,1H3;1-5,7H. The van der Waals surface area contributed by atoms with Gasteiger partial charge in [-0.2, -0.15) is 0 Å². The predicted octanol–water partition coefficient (Wildman–Crippen LogP) is 4.73. The molecule has 0 saturated heterocycles. The molecule has 0 aliphatic rings. The van der Waals surface area contributed by atoms with E-state index in [1.165, 1.54) is 10.8 Å². The van der Waals surface area contributed by atoms with Crippen molar-refractivity contribution < 1.29 is 9.53 Å². The number of carbonyl (C=O) groups is 1. The molecule has 0 atom stereocenters. The summed E-state index contributed by atoms with van der Waals surface area (Å²) in [6.07, 6.45) is 1.51. The van der Waals surface area contributed by atoms with Crippen LogP contribution in [0, 0.1) is 0 Å². The van der Waals surface area contributed by atoms with Crippen molar-refractivity contribution in [2.75, 3.05) is 6.61 Å². The minimum absolute atomic E-state index is 0.155. The van der Waals surface area contributed by atoms with Crippen LogP contribution >= 0.6 is 36.0 Å². The topological polar surface area (TPSA) is 61.2 Å². The molecule has 0 aliphatic heterocycles. The Morgan fingerprint density at radius 2 is 1.76 bits per heavy atom. The van der Waals surface area contributed by atoms with Crippen molar-refractivity contribution in [1.29, 1.82) is 0 Å². The van der Waals surface area contributed by atoms with Crippen LogP contribution in [0.4, 0.5) is 0 Å². The van der Waals surface area contributed by atoms with E-state index in [-0.39, 0.29) is 18.3 Å². The largest absolute Gasteiger partial charge is 0.465 e. The van der Waals surface area contributed by atoms with Gasteiger partial charge in [-0.15, -0.1) is 24.4 Å². The molecule has 0 N–H and O–H groups in total. The van der Waals surface area contributed by atoms with E-state index >= 15 is 0 Å². The van der Waals surface area contributed by atoms with Crippen molar-refractivity contribution in [2.45, 2.75) is 29.0 Å². The number of hydrogen-bond donors (Lipinski definition) is 1. The van der Waals surface area contributed by atoms with Crippen LogP contribution in [0.3, 0.4) is 0 Å². The SMILES string of the molecule is CCOC(=O)Cn1c(CSc2ccccc2)cnc(Cl)c1=O.Sc1ccccc1. The Labute approximate surface area is 184 Å². The zero-order valence-electron chi connectivity index (χ0n) is 15.8. The zero-order valence-corrected chi connectivity index (χ0v) is 18.3. The van der Waals surface area contributed by atoms with E-state index in [9.17, 15) is 9.59 Å². The van der Waals surface area contributed by atoms with Gasteiger partial charge in [-0.1, -0.05) is 48.0 Å². The van der Waals surface area contributed by atoms with Crippen LogP contribution in [0.25, 0.3) is 0 Å². The second-order valence-electron chi connectivity index (χ2n) is 5.67.